The third-order valence-electron chi connectivity index (χ3n) is 3.20. The molecule has 72 valence electrons. The van der Waals surface area contributed by atoms with Gasteiger partial charge in [-0.1, -0.05) is 6.92 Å². The lowest BCUT2D eigenvalue weighted by Crippen LogP contribution is -2.22. The van der Waals surface area contributed by atoms with E-state index in [-0.39, 0.29) is 0 Å². The first-order valence-electron chi connectivity index (χ1n) is 5.17. The van der Waals surface area contributed by atoms with Gasteiger partial charge < -0.3 is 10.3 Å². The van der Waals surface area contributed by atoms with E-state index in [1.165, 1.54) is 31.4 Å². The Morgan fingerprint density at radius 3 is 2.92 bits per heavy atom. The monoisotopic (exact) mass is 178 g/mol. The van der Waals surface area contributed by atoms with E-state index in [0.29, 0.717) is 5.41 Å². The van der Waals surface area contributed by atoms with E-state index in [9.17, 15) is 0 Å². The number of aromatic nitrogens is 1. The van der Waals surface area contributed by atoms with Crippen LogP contribution in [0.1, 0.15) is 31.7 Å². The van der Waals surface area contributed by atoms with Crippen LogP contribution in [-0.4, -0.2) is 11.5 Å². The Balaban J connectivity index is 1.70. The van der Waals surface area contributed by atoms with Gasteiger partial charge in [0.05, 0.1) is 0 Å². The topological polar surface area (TPSA) is 27.8 Å². The Morgan fingerprint density at radius 2 is 2.38 bits per heavy atom. The van der Waals surface area contributed by atoms with Crippen LogP contribution in [0.25, 0.3) is 0 Å². The molecule has 0 radical (unpaired) electrons. The molecule has 1 aromatic heterocycles. The zero-order valence-electron chi connectivity index (χ0n) is 8.27. The molecule has 0 atom stereocenters. The van der Waals surface area contributed by atoms with Gasteiger partial charge in [-0.05, 0) is 36.3 Å². The number of aromatic amines is 1. The summed E-state index contributed by atoms with van der Waals surface area (Å²) >= 11 is 0. The molecule has 1 aliphatic rings. The number of hydrogen-bond donors (Lipinski definition) is 2. The second-order valence-electron chi connectivity index (χ2n) is 4.18. The maximum Gasteiger partial charge on any atom is 0.0220 e. The van der Waals surface area contributed by atoms with Gasteiger partial charge in [-0.15, -0.1) is 0 Å². The van der Waals surface area contributed by atoms with Gasteiger partial charge >= 0.3 is 0 Å². The smallest absolute Gasteiger partial charge is 0.0220 e. The minimum atomic E-state index is 0.663. The minimum absolute atomic E-state index is 0.663. The molecule has 0 unspecified atom stereocenters. The molecule has 0 spiro atoms. The number of hydrogen-bond acceptors (Lipinski definition) is 1. The van der Waals surface area contributed by atoms with Crippen LogP contribution in [0.3, 0.4) is 0 Å². The molecule has 0 amide bonds. The van der Waals surface area contributed by atoms with E-state index >= 15 is 0 Å². The van der Waals surface area contributed by atoms with Gasteiger partial charge in [0, 0.05) is 25.5 Å². The summed E-state index contributed by atoms with van der Waals surface area (Å²) in [4.78, 5) is 3.07. The predicted molar refractivity (Wildman–Crippen MR) is 54.5 cm³/mol. The van der Waals surface area contributed by atoms with Crippen LogP contribution in [0.2, 0.25) is 0 Å². The Bertz CT molecular complexity index is 247. The highest BCUT2D eigenvalue weighted by Crippen LogP contribution is 2.47. The molecule has 13 heavy (non-hydrogen) atoms. The van der Waals surface area contributed by atoms with Gasteiger partial charge in [-0.25, -0.2) is 0 Å². The Labute approximate surface area is 79.7 Å². The molecule has 0 saturated heterocycles. The highest BCUT2D eigenvalue weighted by molar-refractivity contribution is 5.08. The van der Waals surface area contributed by atoms with Crippen molar-refractivity contribution < 1.29 is 0 Å². The van der Waals surface area contributed by atoms with Crippen molar-refractivity contribution in [3.05, 3.63) is 24.0 Å². The van der Waals surface area contributed by atoms with E-state index in [0.717, 1.165) is 6.54 Å². The fourth-order valence-corrected chi connectivity index (χ4v) is 1.77. The van der Waals surface area contributed by atoms with Crippen LogP contribution in [0.5, 0.6) is 0 Å². The molecule has 2 nitrogen and oxygen atoms in total. The minimum Gasteiger partial charge on any atom is -0.367 e. The second-order valence-corrected chi connectivity index (χ2v) is 4.18. The quantitative estimate of drug-likeness (QED) is 0.711. The molecule has 1 heterocycles. The van der Waals surface area contributed by atoms with Crippen molar-refractivity contribution in [1.82, 2.24) is 10.3 Å². The molecule has 1 saturated carbocycles. The number of nitrogens with one attached hydrogen (secondary N) is 2. The summed E-state index contributed by atoms with van der Waals surface area (Å²) in [5, 5.41) is 3.52. The van der Waals surface area contributed by atoms with Gasteiger partial charge in [0.25, 0.3) is 0 Å². The SMILES string of the molecule is CCC1(CNCc2cc[nH]c2)CC1. The summed E-state index contributed by atoms with van der Waals surface area (Å²) in [7, 11) is 0. The summed E-state index contributed by atoms with van der Waals surface area (Å²) < 4.78 is 0. The van der Waals surface area contributed by atoms with E-state index < -0.39 is 0 Å². The molecule has 2 N–H and O–H groups in total. The van der Waals surface area contributed by atoms with E-state index in [2.05, 4.69) is 29.5 Å². The van der Waals surface area contributed by atoms with Crippen molar-refractivity contribution in [2.75, 3.05) is 6.54 Å². The third-order valence-corrected chi connectivity index (χ3v) is 3.20. The Hall–Kier alpha value is -0.760. The zero-order valence-corrected chi connectivity index (χ0v) is 8.27. The standard InChI is InChI=1S/C11H18N2/c1-2-11(4-5-11)9-13-8-10-3-6-12-7-10/h3,6-7,12-13H,2,4-5,8-9H2,1H3. The van der Waals surface area contributed by atoms with Crippen molar-refractivity contribution >= 4 is 0 Å². The molecule has 0 aliphatic heterocycles. The van der Waals surface area contributed by atoms with Crippen LogP contribution in [0.4, 0.5) is 0 Å². The average molecular weight is 178 g/mol. The molecule has 2 heteroatoms. The first-order chi connectivity index (χ1) is 6.35. The summed E-state index contributed by atoms with van der Waals surface area (Å²) in [5.41, 5.74) is 2.02. The van der Waals surface area contributed by atoms with Crippen molar-refractivity contribution in [1.29, 1.82) is 0 Å². The highest BCUT2D eigenvalue weighted by Gasteiger charge is 2.39. The van der Waals surface area contributed by atoms with Crippen LogP contribution in [0.15, 0.2) is 18.5 Å². The molecule has 1 fully saturated rings. The Morgan fingerprint density at radius 1 is 1.54 bits per heavy atom. The van der Waals surface area contributed by atoms with Crippen molar-refractivity contribution in [2.24, 2.45) is 5.41 Å². The fraction of sp³-hybridized carbons (Fsp3) is 0.636. The van der Waals surface area contributed by atoms with Crippen molar-refractivity contribution in [2.45, 2.75) is 32.7 Å². The number of rotatable bonds is 5. The molecular formula is C11H18N2. The summed E-state index contributed by atoms with van der Waals surface area (Å²) in [6.07, 6.45) is 8.20. The second kappa shape index (κ2) is 3.54. The highest BCUT2D eigenvalue weighted by atomic mass is 14.9. The predicted octanol–water partition coefficient (Wildman–Crippen LogP) is 2.29. The lowest BCUT2D eigenvalue weighted by Gasteiger charge is -2.12. The van der Waals surface area contributed by atoms with Gasteiger partial charge in [-0.3, -0.25) is 0 Å². The lowest BCUT2D eigenvalue weighted by molar-refractivity contribution is 0.443. The first kappa shape index (κ1) is 8.82. The molecule has 1 aliphatic carbocycles. The normalized spacial score (nSPS) is 18.8. The zero-order chi connectivity index (χ0) is 9.15. The maximum atomic E-state index is 3.52. The first-order valence-corrected chi connectivity index (χ1v) is 5.17. The molecule has 2 rings (SSSR count). The third kappa shape index (κ3) is 2.13. The van der Waals surface area contributed by atoms with Crippen LogP contribution in [0, 0.1) is 5.41 Å². The molecule has 0 bridgehead atoms. The van der Waals surface area contributed by atoms with E-state index in [4.69, 9.17) is 0 Å². The maximum absolute atomic E-state index is 3.52. The van der Waals surface area contributed by atoms with Gasteiger partial charge in [0.1, 0.15) is 0 Å². The van der Waals surface area contributed by atoms with Crippen LogP contribution >= 0.6 is 0 Å². The van der Waals surface area contributed by atoms with Gasteiger partial charge in [0.2, 0.25) is 0 Å². The van der Waals surface area contributed by atoms with Gasteiger partial charge in [0.15, 0.2) is 0 Å². The van der Waals surface area contributed by atoms with E-state index in [1.54, 1.807) is 0 Å². The van der Waals surface area contributed by atoms with Crippen molar-refractivity contribution in [3.63, 3.8) is 0 Å². The average Bonchev–Trinajstić information content (AvgIpc) is 2.74. The van der Waals surface area contributed by atoms with E-state index in [1.807, 2.05) is 6.20 Å². The van der Waals surface area contributed by atoms with Crippen molar-refractivity contribution in [3.8, 4) is 0 Å². The summed E-state index contributed by atoms with van der Waals surface area (Å²) in [6.45, 7) is 4.49. The van der Waals surface area contributed by atoms with Gasteiger partial charge in [-0.2, -0.15) is 0 Å². The molecule has 0 aromatic carbocycles. The largest absolute Gasteiger partial charge is 0.367 e. The number of H-pyrrole nitrogens is 1. The molecular weight excluding hydrogens is 160 g/mol. The Kier molecular flexibility index (Phi) is 2.40. The molecule has 1 aromatic rings. The summed E-state index contributed by atoms with van der Waals surface area (Å²) in [5.74, 6) is 0. The fourth-order valence-electron chi connectivity index (χ4n) is 1.77. The van der Waals surface area contributed by atoms with Crippen LogP contribution < -0.4 is 5.32 Å². The van der Waals surface area contributed by atoms with Crippen LogP contribution in [-0.2, 0) is 6.54 Å². The lowest BCUT2D eigenvalue weighted by atomic mass is 10.0. The summed E-state index contributed by atoms with van der Waals surface area (Å²) in [6, 6.07) is 2.12.